The first-order valence-electron chi connectivity index (χ1n) is 5.15. The molecule has 0 aromatic carbocycles. The van der Waals surface area contributed by atoms with Gasteiger partial charge in [0.05, 0.1) is 0 Å². The normalized spacial score (nSPS) is 18.8. The second kappa shape index (κ2) is 4.66. The molecule has 0 spiro atoms. The van der Waals surface area contributed by atoms with Crippen molar-refractivity contribution in [3.05, 3.63) is 11.6 Å². The molecule has 1 aliphatic carbocycles. The van der Waals surface area contributed by atoms with Crippen molar-refractivity contribution in [1.82, 2.24) is 5.32 Å². The summed E-state index contributed by atoms with van der Waals surface area (Å²) in [4.78, 5) is 0. The van der Waals surface area contributed by atoms with E-state index in [0.717, 1.165) is 12.6 Å². The second-order valence-electron chi connectivity index (χ2n) is 4.08. The number of rotatable bonds is 5. The molecule has 0 radical (unpaired) electrons. The minimum absolute atomic E-state index is 0.695. The van der Waals surface area contributed by atoms with Gasteiger partial charge in [-0.2, -0.15) is 0 Å². The Balaban J connectivity index is 2.22. The Morgan fingerprint density at radius 1 is 1.50 bits per heavy atom. The van der Waals surface area contributed by atoms with Crippen molar-refractivity contribution in [2.24, 2.45) is 5.92 Å². The van der Waals surface area contributed by atoms with Gasteiger partial charge >= 0.3 is 0 Å². The number of allylic oxidation sites excluding steroid dienone is 1. The molecular formula is C11H21N. The molecule has 1 fully saturated rings. The SMILES string of the molecule is CCC(=CC(C)C)CNC1CC1. The van der Waals surface area contributed by atoms with E-state index in [1.165, 1.54) is 19.3 Å². The predicted octanol–water partition coefficient (Wildman–Crippen LogP) is 2.73. The molecular weight excluding hydrogens is 146 g/mol. The molecule has 1 saturated carbocycles. The summed E-state index contributed by atoms with van der Waals surface area (Å²) in [5, 5.41) is 3.54. The lowest BCUT2D eigenvalue weighted by Crippen LogP contribution is -2.19. The molecule has 1 heteroatoms. The molecule has 70 valence electrons. The van der Waals surface area contributed by atoms with Crippen LogP contribution in [0.1, 0.15) is 40.0 Å². The quantitative estimate of drug-likeness (QED) is 0.621. The van der Waals surface area contributed by atoms with Crippen molar-refractivity contribution in [3.8, 4) is 0 Å². The largest absolute Gasteiger partial charge is 0.310 e. The van der Waals surface area contributed by atoms with Crippen LogP contribution in [0.2, 0.25) is 0 Å². The van der Waals surface area contributed by atoms with Crippen LogP contribution in [-0.4, -0.2) is 12.6 Å². The Morgan fingerprint density at radius 2 is 2.17 bits per heavy atom. The summed E-state index contributed by atoms with van der Waals surface area (Å²) < 4.78 is 0. The van der Waals surface area contributed by atoms with Gasteiger partial charge in [-0.3, -0.25) is 0 Å². The lowest BCUT2D eigenvalue weighted by Gasteiger charge is -2.07. The molecule has 0 saturated heterocycles. The van der Waals surface area contributed by atoms with E-state index in [0.29, 0.717) is 5.92 Å². The van der Waals surface area contributed by atoms with E-state index < -0.39 is 0 Å². The molecule has 1 N–H and O–H groups in total. The summed E-state index contributed by atoms with van der Waals surface area (Å²) in [6, 6.07) is 0.840. The molecule has 0 bridgehead atoms. The fourth-order valence-corrected chi connectivity index (χ4v) is 1.34. The van der Waals surface area contributed by atoms with Crippen LogP contribution >= 0.6 is 0 Å². The predicted molar refractivity (Wildman–Crippen MR) is 54.2 cm³/mol. The average Bonchev–Trinajstić information content (AvgIpc) is 2.80. The first-order valence-corrected chi connectivity index (χ1v) is 5.15. The molecule has 1 nitrogen and oxygen atoms in total. The van der Waals surface area contributed by atoms with Crippen LogP contribution in [0.25, 0.3) is 0 Å². The maximum atomic E-state index is 3.54. The second-order valence-corrected chi connectivity index (χ2v) is 4.08. The van der Waals surface area contributed by atoms with Gasteiger partial charge in [-0.25, -0.2) is 0 Å². The third-order valence-corrected chi connectivity index (χ3v) is 2.22. The van der Waals surface area contributed by atoms with Crippen LogP contribution in [0.5, 0.6) is 0 Å². The zero-order valence-electron chi connectivity index (χ0n) is 8.56. The van der Waals surface area contributed by atoms with Crippen LogP contribution < -0.4 is 5.32 Å². The minimum Gasteiger partial charge on any atom is -0.310 e. The Kier molecular flexibility index (Phi) is 3.80. The topological polar surface area (TPSA) is 12.0 Å². The molecule has 12 heavy (non-hydrogen) atoms. The molecule has 0 aromatic heterocycles. The standard InChI is InChI=1S/C11H21N/c1-4-10(7-9(2)3)8-12-11-5-6-11/h7,9,11-12H,4-6,8H2,1-3H3. The van der Waals surface area contributed by atoms with Crippen molar-refractivity contribution in [2.45, 2.75) is 46.1 Å². The zero-order valence-corrected chi connectivity index (χ0v) is 8.56. The van der Waals surface area contributed by atoms with Gasteiger partial charge in [0.15, 0.2) is 0 Å². The first kappa shape index (κ1) is 9.79. The van der Waals surface area contributed by atoms with Gasteiger partial charge in [0, 0.05) is 12.6 Å². The van der Waals surface area contributed by atoms with E-state index >= 15 is 0 Å². The fraction of sp³-hybridized carbons (Fsp3) is 0.818. The highest BCUT2D eigenvalue weighted by molar-refractivity contribution is 5.05. The maximum Gasteiger partial charge on any atom is 0.0167 e. The van der Waals surface area contributed by atoms with E-state index in [1.807, 2.05) is 0 Å². The highest BCUT2D eigenvalue weighted by atomic mass is 14.9. The minimum atomic E-state index is 0.695. The van der Waals surface area contributed by atoms with Crippen LogP contribution in [0.3, 0.4) is 0 Å². The molecule has 0 heterocycles. The van der Waals surface area contributed by atoms with Crippen molar-refractivity contribution < 1.29 is 0 Å². The smallest absolute Gasteiger partial charge is 0.0167 e. The molecule has 0 aromatic rings. The number of hydrogen-bond donors (Lipinski definition) is 1. The summed E-state index contributed by atoms with van der Waals surface area (Å²) in [5.74, 6) is 0.695. The van der Waals surface area contributed by atoms with Crippen molar-refractivity contribution >= 4 is 0 Å². The van der Waals surface area contributed by atoms with Gasteiger partial charge in [0.2, 0.25) is 0 Å². The Labute approximate surface area is 76.2 Å². The monoisotopic (exact) mass is 167 g/mol. The van der Waals surface area contributed by atoms with Crippen molar-refractivity contribution in [2.75, 3.05) is 6.54 Å². The summed E-state index contributed by atoms with van der Waals surface area (Å²) in [5.41, 5.74) is 1.57. The molecule has 0 unspecified atom stereocenters. The summed E-state index contributed by atoms with van der Waals surface area (Å²) in [7, 11) is 0. The Bertz CT molecular complexity index is 154. The van der Waals surface area contributed by atoms with Crippen molar-refractivity contribution in [3.63, 3.8) is 0 Å². The lowest BCUT2D eigenvalue weighted by atomic mass is 10.1. The first-order chi connectivity index (χ1) is 5.72. The highest BCUT2D eigenvalue weighted by Gasteiger charge is 2.19. The molecule has 0 atom stereocenters. The fourth-order valence-electron chi connectivity index (χ4n) is 1.34. The van der Waals surface area contributed by atoms with Crippen LogP contribution in [0, 0.1) is 5.92 Å². The summed E-state index contributed by atoms with van der Waals surface area (Å²) >= 11 is 0. The van der Waals surface area contributed by atoms with Crippen molar-refractivity contribution in [1.29, 1.82) is 0 Å². The number of hydrogen-bond acceptors (Lipinski definition) is 1. The van der Waals surface area contributed by atoms with E-state index in [4.69, 9.17) is 0 Å². The molecule has 1 aliphatic rings. The Morgan fingerprint density at radius 3 is 2.58 bits per heavy atom. The average molecular weight is 167 g/mol. The number of nitrogens with one attached hydrogen (secondary N) is 1. The van der Waals surface area contributed by atoms with Crippen LogP contribution in [-0.2, 0) is 0 Å². The zero-order chi connectivity index (χ0) is 8.97. The maximum absolute atomic E-state index is 3.54. The van der Waals surface area contributed by atoms with Gasteiger partial charge in [0.25, 0.3) is 0 Å². The highest BCUT2D eigenvalue weighted by Crippen LogP contribution is 2.19. The van der Waals surface area contributed by atoms with E-state index in [2.05, 4.69) is 32.2 Å². The van der Waals surface area contributed by atoms with Gasteiger partial charge in [-0.15, -0.1) is 0 Å². The Hall–Kier alpha value is -0.300. The summed E-state index contributed by atoms with van der Waals surface area (Å²) in [6.07, 6.45) is 6.35. The van der Waals surface area contributed by atoms with Gasteiger partial charge in [-0.1, -0.05) is 32.4 Å². The summed E-state index contributed by atoms with van der Waals surface area (Å²) in [6.45, 7) is 7.84. The molecule has 0 aliphatic heterocycles. The van der Waals surface area contributed by atoms with Crippen LogP contribution in [0.4, 0.5) is 0 Å². The molecule has 1 rings (SSSR count). The van der Waals surface area contributed by atoms with Gasteiger partial charge < -0.3 is 5.32 Å². The third kappa shape index (κ3) is 3.91. The third-order valence-electron chi connectivity index (χ3n) is 2.22. The van der Waals surface area contributed by atoms with E-state index in [-0.39, 0.29) is 0 Å². The van der Waals surface area contributed by atoms with Gasteiger partial charge in [0.1, 0.15) is 0 Å². The van der Waals surface area contributed by atoms with Crippen LogP contribution in [0.15, 0.2) is 11.6 Å². The lowest BCUT2D eigenvalue weighted by molar-refractivity contribution is 0.705. The van der Waals surface area contributed by atoms with E-state index in [9.17, 15) is 0 Å². The molecule has 0 amide bonds. The van der Waals surface area contributed by atoms with Gasteiger partial charge in [-0.05, 0) is 25.2 Å². The van der Waals surface area contributed by atoms with E-state index in [1.54, 1.807) is 5.57 Å².